The predicted octanol–water partition coefficient (Wildman–Crippen LogP) is 16.7. The highest BCUT2D eigenvalue weighted by molar-refractivity contribution is 7.00. The van der Waals surface area contributed by atoms with E-state index in [1.807, 2.05) is 0 Å². The molecule has 0 radical (unpaired) electrons. The van der Waals surface area contributed by atoms with Gasteiger partial charge in [-0.15, -0.1) is 0 Å². The Bertz CT molecular complexity index is 3510. The van der Waals surface area contributed by atoms with Crippen molar-refractivity contribution in [3.63, 3.8) is 0 Å². The van der Waals surface area contributed by atoms with Crippen LogP contribution in [0.4, 0.5) is 34.1 Å². The van der Waals surface area contributed by atoms with Crippen LogP contribution in [-0.2, 0) is 0 Å². The summed E-state index contributed by atoms with van der Waals surface area (Å²) >= 11 is 0. The van der Waals surface area contributed by atoms with Crippen LogP contribution < -0.4 is 26.2 Å². The number of nitrogens with zero attached hydrogens (tertiary/aromatic N) is 3. The Morgan fingerprint density at radius 1 is 0.319 bits per heavy atom. The Morgan fingerprint density at radius 3 is 1.11 bits per heavy atom. The van der Waals surface area contributed by atoms with E-state index in [-0.39, 0.29) is 6.71 Å². The van der Waals surface area contributed by atoms with Gasteiger partial charge in [-0.25, -0.2) is 4.98 Å². The van der Waals surface area contributed by atoms with Gasteiger partial charge in [0.1, 0.15) is 0 Å². The van der Waals surface area contributed by atoms with Crippen molar-refractivity contribution in [1.82, 2.24) is 4.98 Å². The largest absolute Gasteiger partial charge is 0.311 e. The number of rotatable bonds is 7. The minimum Gasteiger partial charge on any atom is -0.311 e. The van der Waals surface area contributed by atoms with Crippen LogP contribution in [0, 0.1) is 5.41 Å². The molecule has 3 nitrogen and oxygen atoms in total. The summed E-state index contributed by atoms with van der Waals surface area (Å²) in [7, 11) is 0. The Morgan fingerprint density at radius 2 is 0.681 bits per heavy atom. The lowest BCUT2D eigenvalue weighted by atomic mass is 9.33. The lowest BCUT2D eigenvalue weighted by molar-refractivity contribution is 0.469. The molecule has 0 saturated heterocycles. The van der Waals surface area contributed by atoms with Crippen LogP contribution in [0.2, 0.25) is 0 Å². The molecule has 0 fully saturated rings. The van der Waals surface area contributed by atoms with Crippen LogP contribution in [0.5, 0.6) is 0 Å². The second-order valence-corrected chi connectivity index (χ2v) is 20.5. The maximum atomic E-state index is 5.33. The number of para-hydroxylation sites is 1. The van der Waals surface area contributed by atoms with Crippen molar-refractivity contribution in [3.05, 3.63) is 255 Å². The molecule has 13 rings (SSSR count). The van der Waals surface area contributed by atoms with Crippen LogP contribution in [0.15, 0.2) is 255 Å². The van der Waals surface area contributed by atoms with E-state index in [9.17, 15) is 0 Å². The third kappa shape index (κ3) is 8.56. The van der Waals surface area contributed by atoms with Gasteiger partial charge in [0.05, 0.1) is 11.2 Å². The van der Waals surface area contributed by atoms with E-state index < -0.39 is 0 Å². The molecule has 3 heterocycles. The molecular weight excluding hydrogens is 870 g/mol. The highest BCUT2D eigenvalue weighted by atomic mass is 15.2. The second kappa shape index (κ2) is 18.5. The monoisotopic (exact) mass is 923 g/mol. The third-order valence-corrected chi connectivity index (χ3v) is 13.6. The SMILES string of the molecule is CC(C)(C)C.c1ccc(-c2ccc(N3c4ccc(-c5ccccc5)cc4B4c5cc(-c6ccccc6)ccc5N(c5ccc(-c6ccccc6)cc5)c5cc(-c6ccc7ccccc7n6)cc3c54)cc2)cc1. The minimum atomic E-state index is -0.0828. The number of anilines is 6. The van der Waals surface area contributed by atoms with Gasteiger partial charge in [0.25, 0.3) is 6.71 Å². The first kappa shape index (κ1) is 44.5. The molecule has 72 heavy (non-hydrogen) atoms. The molecule has 2 aliphatic rings. The average Bonchev–Trinajstić information content (AvgIpc) is 3.44. The minimum absolute atomic E-state index is 0.0828. The Labute approximate surface area is 424 Å². The number of aromatic nitrogens is 1. The zero-order chi connectivity index (χ0) is 48.8. The highest BCUT2D eigenvalue weighted by Crippen LogP contribution is 2.47. The molecule has 0 atom stereocenters. The van der Waals surface area contributed by atoms with Crippen molar-refractivity contribution in [2.45, 2.75) is 27.7 Å². The smallest absolute Gasteiger partial charge is 0.252 e. The number of hydrogen-bond donors (Lipinski definition) is 0. The molecule has 344 valence electrons. The van der Waals surface area contributed by atoms with Crippen LogP contribution in [0.1, 0.15) is 27.7 Å². The predicted molar refractivity (Wildman–Crippen MR) is 308 cm³/mol. The number of fused-ring (bicyclic) bond motifs is 5. The number of benzene rings is 10. The van der Waals surface area contributed by atoms with Gasteiger partial charge in [0, 0.05) is 45.1 Å². The summed E-state index contributed by atoms with van der Waals surface area (Å²) in [5.74, 6) is 0. The van der Waals surface area contributed by atoms with E-state index in [1.54, 1.807) is 0 Å². The van der Waals surface area contributed by atoms with E-state index in [2.05, 4.69) is 292 Å². The van der Waals surface area contributed by atoms with Crippen molar-refractivity contribution >= 4 is 68.1 Å². The summed E-state index contributed by atoms with van der Waals surface area (Å²) in [5.41, 5.74) is 23.6. The zero-order valence-electron chi connectivity index (χ0n) is 41.2. The molecule has 0 saturated carbocycles. The average molecular weight is 924 g/mol. The van der Waals surface area contributed by atoms with Crippen molar-refractivity contribution in [2.24, 2.45) is 5.41 Å². The highest BCUT2D eigenvalue weighted by Gasteiger charge is 2.44. The molecule has 0 aliphatic carbocycles. The fourth-order valence-corrected chi connectivity index (χ4v) is 10.4. The Balaban J connectivity index is 0.00000101. The van der Waals surface area contributed by atoms with Crippen LogP contribution >= 0.6 is 0 Å². The van der Waals surface area contributed by atoms with Crippen LogP contribution in [0.25, 0.3) is 66.7 Å². The number of hydrogen-bond acceptors (Lipinski definition) is 3. The first-order valence-electron chi connectivity index (χ1n) is 25.1. The lowest BCUT2D eigenvalue weighted by Gasteiger charge is -2.44. The van der Waals surface area contributed by atoms with E-state index >= 15 is 0 Å². The number of pyridine rings is 1. The molecule has 0 unspecified atom stereocenters. The fourth-order valence-electron chi connectivity index (χ4n) is 10.4. The molecule has 2 aliphatic heterocycles. The van der Waals surface area contributed by atoms with E-state index in [0.29, 0.717) is 5.41 Å². The van der Waals surface area contributed by atoms with Gasteiger partial charge in [-0.3, -0.25) is 0 Å². The van der Waals surface area contributed by atoms with Crippen molar-refractivity contribution in [2.75, 3.05) is 9.80 Å². The maximum absolute atomic E-state index is 5.33. The van der Waals surface area contributed by atoms with Crippen LogP contribution in [-0.4, -0.2) is 11.7 Å². The van der Waals surface area contributed by atoms with Gasteiger partial charge in [-0.05, 0) is 127 Å². The molecule has 11 aromatic rings. The van der Waals surface area contributed by atoms with Gasteiger partial charge in [0.15, 0.2) is 0 Å². The molecule has 0 bridgehead atoms. The van der Waals surface area contributed by atoms with Gasteiger partial charge in [-0.2, -0.15) is 0 Å². The van der Waals surface area contributed by atoms with E-state index in [0.717, 1.165) is 56.3 Å². The quantitative estimate of drug-likeness (QED) is 0.149. The second-order valence-electron chi connectivity index (χ2n) is 20.5. The third-order valence-electron chi connectivity index (χ3n) is 13.6. The van der Waals surface area contributed by atoms with Gasteiger partial charge in [0.2, 0.25) is 0 Å². The van der Waals surface area contributed by atoms with Gasteiger partial charge >= 0.3 is 0 Å². The standard InChI is InChI=1S/C63H42BN3.C5H12/c1-5-15-43(16-6-1)47-25-32-53(33-26-47)66-59-37-30-50(45-19-9-3-10-20-45)39-55(59)64-56-40-51(46-21-11-4-12-22-46)31-38-60(56)67(54-34-27-48(28-35-54)44-17-7-2-8-18-44)62-42-52(41-61(66)63(62)64)58-36-29-49-23-13-14-24-57(49)65-58;1-5(2,3)4/h1-42H;1-4H3. The van der Waals surface area contributed by atoms with E-state index in [4.69, 9.17) is 4.98 Å². The molecular formula is C68H54BN3. The van der Waals surface area contributed by atoms with Crippen molar-refractivity contribution in [3.8, 4) is 55.8 Å². The molecule has 10 aromatic carbocycles. The molecule has 1 aromatic heterocycles. The summed E-state index contributed by atoms with van der Waals surface area (Å²) in [4.78, 5) is 10.3. The Kier molecular flexibility index (Phi) is 11.5. The topological polar surface area (TPSA) is 19.4 Å². The normalized spacial score (nSPS) is 12.4. The first-order valence-corrected chi connectivity index (χ1v) is 25.1. The van der Waals surface area contributed by atoms with Gasteiger partial charge in [-0.1, -0.05) is 222 Å². The summed E-state index contributed by atoms with van der Waals surface area (Å²) in [6.07, 6.45) is 0. The summed E-state index contributed by atoms with van der Waals surface area (Å²) in [6, 6.07) is 92.8. The van der Waals surface area contributed by atoms with Crippen LogP contribution in [0.3, 0.4) is 0 Å². The Hall–Kier alpha value is -8.73. The summed E-state index contributed by atoms with van der Waals surface area (Å²) in [6.45, 7) is 8.67. The first-order chi connectivity index (χ1) is 35.2. The molecule has 0 N–H and O–H groups in total. The van der Waals surface area contributed by atoms with E-state index in [1.165, 1.54) is 60.9 Å². The maximum Gasteiger partial charge on any atom is 0.252 e. The molecule has 0 amide bonds. The lowest BCUT2D eigenvalue weighted by Crippen LogP contribution is -2.61. The zero-order valence-corrected chi connectivity index (χ0v) is 41.2. The molecule has 0 spiro atoms. The van der Waals surface area contributed by atoms with Crippen molar-refractivity contribution in [1.29, 1.82) is 0 Å². The molecule has 4 heteroatoms. The summed E-state index contributed by atoms with van der Waals surface area (Å²) < 4.78 is 0. The van der Waals surface area contributed by atoms with Crippen molar-refractivity contribution < 1.29 is 0 Å². The van der Waals surface area contributed by atoms with Gasteiger partial charge < -0.3 is 9.80 Å². The summed E-state index contributed by atoms with van der Waals surface area (Å²) in [5, 5.41) is 1.12. The fraction of sp³-hybridized carbons (Fsp3) is 0.0735.